The summed E-state index contributed by atoms with van der Waals surface area (Å²) in [4.78, 5) is 0. The summed E-state index contributed by atoms with van der Waals surface area (Å²) in [6, 6.07) is 9.76. The maximum Gasteiger partial charge on any atom is 0.169 e. The van der Waals surface area contributed by atoms with Crippen molar-refractivity contribution < 1.29 is 29.2 Å². The number of benzene rings is 1. The van der Waals surface area contributed by atoms with Crippen molar-refractivity contribution in [2.75, 3.05) is 6.61 Å². The lowest BCUT2D eigenvalue weighted by Crippen LogP contribution is -2.64. The highest BCUT2D eigenvalue weighted by Gasteiger charge is 2.61. The van der Waals surface area contributed by atoms with Crippen LogP contribution in [-0.4, -0.2) is 59.2 Å². The number of aliphatic hydroxyl groups is 2. The van der Waals surface area contributed by atoms with Gasteiger partial charge in [-0.3, -0.25) is 0 Å². The van der Waals surface area contributed by atoms with Gasteiger partial charge in [0.1, 0.15) is 36.6 Å². The standard InChI is InChI=1S/C22H30O6/c1-2-13-25-18-16(23)17(24)19(26-14-15-9-5-3-6-10-15)21-20(18)27-22(28-21)11-7-4-8-12-22/h2-3,5-6,9-10,16-21,23-24H,1,4,7-8,11-14H2/t16-,17+,18+,19+,20+,21-/m0/s1. The van der Waals surface area contributed by atoms with Crippen molar-refractivity contribution in [3.05, 3.63) is 48.6 Å². The maximum atomic E-state index is 10.8. The maximum absolute atomic E-state index is 10.8. The van der Waals surface area contributed by atoms with E-state index in [1.54, 1.807) is 6.08 Å². The minimum Gasteiger partial charge on any atom is -0.387 e. The van der Waals surface area contributed by atoms with Gasteiger partial charge in [0.15, 0.2) is 5.79 Å². The predicted octanol–water partition coefficient (Wildman–Crippen LogP) is 2.32. The molecule has 0 radical (unpaired) electrons. The topological polar surface area (TPSA) is 77.4 Å². The summed E-state index contributed by atoms with van der Waals surface area (Å²) in [7, 11) is 0. The molecule has 0 aromatic heterocycles. The highest BCUT2D eigenvalue weighted by molar-refractivity contribution is 5.14. The molecule has 2 N–H and O–H groups in total. The molecule has 1 spiro atoms. The van der Waals surface area contributed by atoms with Crippen molar-refractivity contribution in [1.82, 2.24) is 0 Å². The molecule has 28 heavy (non-hydrogen) atoms. The number of hydrogen-bond donors (Lipinski definition) is 2. The molecule has 4 rings (SSSR count). The number of ether oxygens (including phenoxy) is 4. The molecule has 1 aromatic rings. The number of hydrogen-bond acceptors (Lipinski definition) is 6. The Balaban J connectivity index is 1.55. The van der Waals surface area contributed by atoms with Crippen molar-refractivity contribution >= 4 is 0 Å². The normalized spacial score (nSPS) is 36.9. The van der Waals surface area contributed by atoms with Crippen LogP contribution in [0.15, 0.2) is 43.0 Å². The molecule has 3 aliphatic rings. The third-order valence-corrected chi connectivity index (χ3v) is 6.00. The van der Waals surface area contributed by atoms with Gasteiger partial charge in [-0.1, -0.05) is 42.8 Å². The van der Waals surface area contributed by atoms with E-state index in [9.17, 15) is 10.2 Å². The summed E-state index contributed by atoms with van der Waals surface area (Å²) < 4.78 is 24.6. The van der Waals surface area contributed by atoms with E-state index in [0.29, 0.717) is 6.61 Å². The highest BCUT2D eigenvalue weighted by Crippen LogP contribution is 2.46. The third-order valence-electron chi connectivity index (χ3n) is 6.00. The zero-order chi connectivity index (χ0) is 19.6. The number of fused-ring (bicyclic) bond motifs is 1. The fourth-order valence-corrected chi connectivity index (χ4v) is 4.60. The summed E-state index contributed by atoms with van der Waals surface area (Å²) in [6.07, 6.45) is 1.89. The Morgan fingerprint density at radius 3 is 2.18 bits per heavy atom. The summed E-state index contributed by atoms with van der Waals surface area (Å²) >= 11 is 0. The van der Waals surface area contributed by atoms with Gasteiger partial charge in [0.05, 0.1) is 13.2 Å². The molecule has 154 valence electrons. The second-order valence-electron chi connectivity index (χ2n) is 7.97. The Hall–Kier alpha value is -1.28. The van der Waals surface area contributed by atoms with Crippen LogP contribution >= 0.6 is 0 Å². The first-order valence-corrected chi connectivity index (χ1v) is 10.2. The Bertz CT molecular complexity index is 644. The number of aliphatic hydroxyl groups excluding tert-OH is 2. The van der Waals surface area contributed by atoms with Crippen LogP contribution in [0.4, 0.5) is 0 Å². The molecule has 0 amide bonds. The van der Waals surface area contributed by atoms with Crippen LogP contribution in [0.1, 0.15) is 37.7 Å². The third kappa shape index (κ3) is 3.90. The Morgan fingerprint density at radius 2 is 1.57 bits per heavy atom. The zero-order valence-electron chi connectivity index (χ0n) is 16.1. The van der Waals surface area contributed by atoms with E-state index in [4.69, 9.17) is 18.9 Å². The summed E-state index contributed by atoms with van der Waals surface area (Å²) in [5, 5.41) is 21.5. The minimum atomic E-state index is -1.12. The predicted molar refractivity (Wildman–Crippen MR) is 103 cm³/mol. The first-order valence-electron chi connectivity index (χ1n) is 10.2. The smallest absolute Gasteiger partial charge is 0.169 e. The van der Waals surface area contributed by atoms with Gasteiger partial charge in [0.25, 0.3) is 0 Å². The molecule has 0 bridgehead atoms. The van der Waals surface area contributed by atoms with E-state index in [1.165, 1.54) is 6.42 Å². The van der Waals surface area contributed by atoms with Gasteiger partial charge in [-0.15, -0.1) is 6.58 Å². The van der Waals surface area contributed by atoms with Gasteiger partial charge in [-0.25, -0.2) is 0 Å². The van der Waals surface area contributed by atoms with Crippen molar-refractivity contribution in [2.45, 2.75) is 81.1 Å². The van der Waals surface area contributed by atoms with Crippen molar-refractivity contribution in [2.24, 2.45) is 0 Å². The Morgan fingerprint density at radius 1 is 0.964 bits per heavy atom. The second kappa shape index (κ2) is 8.61. The van der Waals surface area contributed by atoms with Crippen LogP contribution in [0, 0.1) is 0 Å². The molecule has 6 atom stereocenters. The highest BCUT2D eigenvalue weighted by atomic mass is 16.8. The monoisotopic (exact) mass is 390 g/mol. The van der Waals surface area contributed by atoms with E-state index in [2.05, 4.69) is 6.58 Å². The first-order chi connectivity index (χ1) is 13.6. The zero-order valence-corrected chi connectivity index (χ0v) is 16.1. The van der Waals surface area contributed by atoms with Gasteiger partial charge in [0.2, 0.25) is 0 Å². The lowest BCUT2D eigenvalue weighted by atomic mass is 9.84. The molecule has 1 aliphatic heterocycles. The lowest BCUT2D eigenvalue weighted by molar-refractivity contribution is -0.219. The SMILES string of the molecule is C=CCO[C@@H]1[C@@H](O)[C@@H](O)[C@@H](OCc2ccccc2)[C@@H]2OC3(CCCCC3)O[C@@H]21. The molecule has 3 fully saturated rings. The van der Waals surface area contributed by atoms with Crippen LogP contribution < -0.4 is 0 Å². The molecule has 0 unspecified atom stereocenters. The van der Waals surface area contributed by atoms with Gasteiger partial charge in [0, 0.05) is 12.8 Å². The van der Waals surface area contributed by atoms with E-state index in [0.717, 1.165) is 31.2 Å². The van der Waals surface area contributed by atoms with Crippen LogP contribution in [0.25, 0.3) is 0 Å². The van der Waals surface area contributed by atoms with Crippen LogP contribution in [-0.2, 0) is 25.6 Å². The van der Waals surface area contributed by atoms with Gasteiger partial charge in [-0.2, -0.15) is 0 Å². The largest absolute Gasteiger partial charge is 0.387 e. The molecule has 2 aliphatic carbocycles. The lowest BCUT2D eigenvalue weighted by Gasteiger charge is -2.42. The van der Waals surface area contributed by atoms with Crippen molar-refractivity contribution in [3.8, 4) is 0 Å². The van der Waals surface area contributed by atoms with Gasteiger partial charge in [-0.05, 0) is 18.4 Å². The Kier molecular flexibility index (Phi) is 6.16. The van der Waals surface area contributed by atoms with Crippen LogP contribution in [0.2, 0.25) is 0 Å². The average Bonchev–Trinajstić information content (AvgIpc) is 3.07. The minimum absolute atomic E-state index is 0.267. The first kappa shape index (κ1) is 20.0. The summed E-state index contributed by atoms with van der Waals surface area (Å²) in [6.45, 7) is 4.26. The molecule has 1 saturated heterocycles. The van der Waals surface area contributed by atoms with Crippen molar-refractivity contribution in [3.63, 3.8) is 0 Å². The molecule has 2 saturated carbocycles. The molecular weight excluding hydrogens is 360 g/mol. The summed E-state index contributed by atoms with van der Waals surface area (Å²) in [5.74, 6) is -0.665. The molecule has 6 heteroatoms. The average molecular weight is 390 g/mol. The van der Waals surface area contributed by atoms with Gasteiger partial charge >= 0.3 is 0 Å². The molecular formula is C22H30O6. The van der Waals surface area contributed by atoms with Crippen molar-refractivity contribution in [1.29, 1.82) is 0 Å². The molecule has 1 aromatic carbocycles. The Labute approximate surface area is 166 Å². The van der Waals surface area contributed by atoms with E-state index in [1.807, 2.05) is 30.3 Å². The summed E-state index contributed by atoms with van der Waals surface area (Å²) in [5.41, 5.74) is 0.997. The molecule has 6 nitrogen and oxygen atoms in total. The van der Waals surface area contributed by atoms with E-state index in [-0.39, 0.29) is 6.61 Å². The quantitative estimate of drug-likeness (QED) is 0.726. The fourth-order valence-electron chi connectivity index (χ4n) is 4.60. The number of rotatable bonds is 6. The van der Waals surface area contributed by atoms with Crippen LogP contribution in [0.5, 0.6) is 0 Å². The van der Waals surface area contributed by atoms with Gasteiger partial charge < -0.3 is 29.2 Å². The van der Waals surface area contributed by atoms with E-state index < -0.39 is 42.4 Å². The molecule has 1 heterocycles. The van der Waals surface area contributed by atoms with E-state index >= 15 is 0 Å². The second-order valence-corrected chi connectivity index (χ2v) is 7.97. The van der Waals surface area contributed by atoms with Crippen LogP contribution in [0.3, 0.4) is 0 Å². The fraction of sp³-hybridized carbons (Fsp3) is 0.636.